The Morgan fingerprint density at radius 1 is 1.31 bits per heavy atom. The van der Waals surface area contributed by atoms with Crippen LogP contribution in [-0.2, 0) is 16.0 Å². The normalized spacial score (nSPS) is 11.8. The Morgan fingerprint density at radius 3 is 2.50 bits per heavy atom. The van der Waals surface area contributed by atoms with Crippen LogP contribution in [0.25, 0.3) is 0 Å². The van der Waals surface area contributed by atoms with E-state index in [2.05, 4.69) is 5.32 Å². The zero-order chi connectivity index (χ0) is 12.0. The molecule has 5 nitrogen and oxygen atoms in total. The lowest BCUT2D eigenvalue weighted by Gasteiger charge is -2.11. The van der Waals surface area contributed by atoms with E-state index in [1.54, 1.807) is 0 Å². The molecule has 1 aromatic carbocycles. The van der Waals surface area contributed by atoms with E-state index in [4.69, 9.17) is 10.8 Å². The minimum absolute atomic E-state index is 0.153. The number of carbonyl (C=O) groups is 2. The third-order valence-corrected chi connectivity index (χ3v) is 2.06. The smallest absolute Gasteiger partial charge is 0.394 e. The van der Waals surface area contributed by atoms with Crippen molar-refractivity contribution in [1.29, 1.82) is 0 Å². The highest BCUT2D eigenvalue weighted by atomic mass is 16.4. The quantitative estimate of drug-likeness (QED) is 0.613. The molecule has 0 aliphatic carbocycles. The van der Waals surface area contributed by atoms with Gasteiger partial charge in [0, 0.05) is 12.6 Å². The largest absolute Gasteiger partial charge is 0.474 e. The van der Waals surface area contributed by atoms with Crippen LogP contribution in [0.4, 0.5) is 0 Å². The molecule has 5 heteroatoms. The summed E-state index contributed by atoms with van der Waals surface area (Å²) in [6.45, 7) is 0.153. The molecule has 86 valence electrons. The zero-order valence-corrected chi connectivity index (χ0v) is 8.72. The van der Waals surface area contributed by atoms with Gasteiger partial charge in [0.2, 0.25) is 0 Å². The molecule has 0 heterocycles. The third kappa shape index (κ3) is 4.10. The van der Waals surface area contributed by atoms with Gasteiger partial charge in [0.25, 0.3) is 0 Å². The molecule has 1 amide bonds. The Balaban J connectivity index is 2.34. The molecule has 0 aromatic heterocycles. The fraction of sp³-hybridized carbons (Fsp3) is 0.273. The molecule has 16 heavy (non-hydrogen) atoms. The van der Waals surface area contributed by atoms with Crippen LogP contribution in [0.5, 0.6) is 0 Å². The number of rotatable bonds is 4. The molecule has 0 aliphatic heterocycles. The van der Waals surface area contributed by atoms with E-state index in [1.165, 1.54) is 0 Å². The molecule has 0 aliphatic rings. The molecular formula is C11H14N2O3. The summed E-state index contributed by atoms with van der Waals surface area (Å²) in [6, 6.07) is 9.28. The Labute approximate surface area is 93.3 Å². The number of hydrogen-bond donors (Lipinski definition) is 3. The topological polar surface area (TPSA) is 92.4 Å². The van der Waals surface area contributed by atoms with E-state index in [0.29, 0.717) is 6.42 Å². The van der Waals surface area contributed by atoms with Gasteiger partial charge in [0.05, 0.1) is 0 Å². The first kappa shape index (κ1) is 12.2. The molecule has 0 saturated carbocycles. The number of carbonyl (C=O) groups excluding carboxylic acids is 1. The van der Waals surface area contributed by atoms with Gasteiger partial charge in [-0.15, -0.1) is 0 Å². The highest BCUT2D eigenvalue weighted by Gasteiger charge is 2.12. The first-order chi connectivity index (χ1) is 7.59. The summed E-state index contributed by atoms with van der Waals surface area (Å²) >= 11 is 0. The van der Waals surface area contributed by atoms with Gasteiger partial charge in [-0.25, -0.2) is 4.79 Å². The molecule has 0 spiro atoms. The Bertz CT molecular complexity index is 365. The van der Waals surface area contributed by atoms with Crippen molar-refractivity contribution < 1.29 is 14.7 Å². The minimum Gasteiger partial charge on any atom is -0.474 e. The lowest BCUT2D eigenvalue weighted by atomic mass is 10.1. The van der Waals surface area contributed by atoms with Crippen LogP contribution in [0, 0.1) is 0 Å². The Morgan fingerprint density at radius 2 is 1.94 bits per heavy atom. The number of amides is 1. The van der Waals surface area contributed by atoms with Gasteiger partial charge < -0.3 is 16.2 Å². The second-order valence-electron chi connectivity index (χ2n) is 3.46. The molecule has 1 rings (SSSR count). The van der Waals surface area contributed by atoms with Crippen LogP contribution in [0.2, 0.25) is 0 Å². The molecule has 4 N–H and O–H groups in total. The zero-order valence-electron chi connectivity index (χ0n) is 8.72. The van der Waals surface area contributed by atoms with Crippen molar-refractivity contribution in [2.45, 2.75) is 12.5 Å². The predicted molar refractivity (Wildman–Crippen MR) is 58.8 cm³/mol. The van der Waals surface area contributed by atoms with Crippen molar-refractivity contribution >= 4 is 11.9 Å². The van der Waals surface area contributed by atoms with Crippen molar-refractivity contribution in [3.8, 4) is 0 Å². The number of hydrogen-bond acceptors (Lipinski definition) is 3. The van der Waals surface area contributed by atoms with Crippen LogP contribution in [0.3, 0.4) is 0 Å². The van der Waals surface area contributed by atoms with Gasteiger partial charge in [-0.2, -0.15) is 0 Å². The van der Waals surface area contributed by atoms with Crippen molar-refractivity contribution in [2.75, 3.05) is 6.54 Å². The standard InChI is InChI=1S/C11H14N2O3/c12-9(7-13-10(14)11(15)16)6-8-4-2-1-3-5-8/h1-5,9H,6-7,12H2,(H,13,14)(H,15,16)/t9-/m0/s1. The lowest BCUT2D eigenvalue weighted by molar-refractivity contribution is -0.150. The molecule has 0 radical (unpaired) electrons. The second-order valence-corrected chi connectivity index (χ2v) is 3.46. The summed E-state index contributed by atoms with van der Waals surface area (Å²) in [5, 5.41) is 10.6. The number of nitrogens with one attached hydrogen (secondary N) is 1. The first-order valence-corrected chi connectivity index (χ1v) is 4.90. The average molecular weight is 222 g/mol. The van der Waals surface area contributed by atoms with Crippen molar-refractivity contribution in [3.05, 3.63) is 35.9 Å². The monoisotopic (exact) mass is 222 g/mol. The fourth-order valence-electron chi connectivity index (χ4n) is 1.29. The van der Waals surface area contributed by atoms with Crippen LogP contribution < -0.4 is 11.1 Å². The van der Waals surface area contributed by atoms with Gasteiger partial charge in [0.1, 0.15) is 0 Å². The van der Waals surface area contributed by atoms with E-state index >= 15 is 0 Å². The minimum atomic E-state index is -1.49. The first-order valence-electron chi connectivity index (χ1n) is 4.90. The lowest BCUT2D eigenvalue weighted by Crippen LogP contribution is -2.41. The van der Waals surface area contributed by atoms with Gasteiger partial charge in [-0.3, -0.25) is 4.79 Å². The third-order valence-electron chi connectivity index (χ3n) is 2.06. The molecular weight excluding hydrogens is 208 g/mol. The molecule has 1 aromatic rings. The average Bonchev–Trinajstić information content (AvgIpc) is 2.27. The number of aliphatic carboxylic acids is 1. The van der Waals surface area contributed by atoms with Crippen LogP contribution in [0.1, 0.15) is 5.56 Å². The Kier molecular flexibility index (Phi) is 4.47. The fourth-order valence-corrected chi connectivity index (χ4v) is 1.29. The summed E-state index contributed by atoms with van der Waals surface area (Å²) in [7, 11) is 0. The maximum atomic E-state index is 10.7. The van der Waals surface area contributed by atoms with E-state index in [0.717, 1.165) is 5.56 Å². The van der Waals surface area contributed by atoms with E-state index < -0.39 is 11.9 Å². The van der Waals surface area contributed by atoms with E-state index in [9.17, 15) is 9.59 Å². The SMILES string of the molecule is N[C@H](CNC(=O)C(=O)O)Cc1ccccc1. The van der Waals surface area contributed by atoms with Gasteiger partial charge in [-0.05, 0) is 12.0 Å². The summed E-state index contributed by atoms with van der Waals surface area (Å²) in [5.74, 6) is -2.52. The molecule has 0 fully saturated rings. The maximum Gasteiger partial charge on any atom is 0.394 e. The number of carboxylic acid groups (broad SMARTS) is 1. The van der Waals surface area contributed by atoms with Crippen LogP contribution in [0.15, 0.2) is 30.3 Å². The second kappa shape index (κ2) is 5.87. The van der Waals surface area contributed by atoms with Gasteiger partial charge >= 0.3 is 11.9 Å². The van der Waals surface area contributed by atoms with Crippen molar-refractivity contribution in [3.63, 3.8) is 0 Å². The molecule has 1 atom stereocenters. The number of nitrogens with two attached hydrogens (primary N) is 1. The summed E-state index contributed by atoms with van der Waals surface area (Å²) in [4.78, 5) is 21.0. The summed E-state index contributed by atoms with van der Waals surface area (Å²) in [6.07, 6.45) is 0.598. The van der Waals surface area contributed by atoms with Crippen molar-refractivity contribution in [1.82, 2.24) is 5.32 Å². The summed E-state index contributed by atoms with van der Waals surface area (Å²) in [5.41, 5.74) is 6.80. The molecule has 0 unspecified atom stereocenters. The van der Waals surface area contributed by atoms with Crippen molar-refractivity contribution in [2.24, 2.45) is 5.73 Å². The number of carboxylic acids is 1. The van der Waals surface area contributed by atoms with Crippen LogP contribution >= 0.6 is 0 Å². The highest BCUT2D eigenvalue weighted by molar-refractivity contribution is 6.31. The van der Waals surface area contributed by atoms with Crippen LogP contribution in [-0.4, -0.2) is 29.6 Å². The van der Waals surface area contributed by atoms with Gasteiger partial charge in [-0.1, -0.05) is 30.3 Å². The predicted octanol–water partition coefficient (Wildman–Crippen LogP) is -0.243. The molecule has 0 bridgehead atoms. The molecule has 0 saturated heterocycles. The maximum absolute atomic E-state index is 10.7. The Hall–Kier alpha value is -1.88. The van der Waals surface area contributed by atoms with E-state index in [-0.39, 0.29) is 12.6 Å². The van der Waals surface area contributed by atoms with E-state index in [1.807, 2.05) is 30.3 Å². The highest BCUT2D eigenvalue weighted by Crippen LogP contribution is 2.00. The number of benzene rings is 1. The van der Waals surface area contributed by atoms with Gasteiger partial charge in [0.15, 0.2) is 0 Å². The summed E-state index contributed by atoms with van der Waals surface area (Å²) < 4.78 is 0.